The Balaban J connectivity index is 1.50. The van der Waals surface area contributed by atoms with Crippen molar-refractivity contribution in [3.8, 4) is 5.75 Å². The molecule has 0 atom stereocenters. The number of benzene rings is 1. The molecule has 1 aromatic carbocycles. The number of rotatable bonds is 7. The molecule has 29 heavy (non-hydrogen) atoms. The molecule has 0 radical (unpaired) electrons. The summed E-state index contributed by atoms with van der Waals surface area (Å²) in [6.07, 6.45) is 6.13. The van der Waals surface area contributed by atoms with Crippen LogP contribution < -0.4 is 10.1 Å². The molecule has 0 spiro atoms. The number of imidazole rings is 1. The normalized spacial score (nSPS) is 10.8. The van der Waals surface area contributed by atoms with E-state index < -0.39 is 0 Å². The lowest BCUT2D eigenvalue weighted by Gasteiger charge is -2.09. The Kier molecular flexibility index (Phi) is 5.52. The second-order valence-electron chi connectivity index (χ2n) is 6.66. The number of nitrogens with one attached hydrogen (secondary N) is 1. The third-order valence-electron chi connectivity index (χ3n) is 4.56. The Morgan fingerprint density at radius 3 is 2.72 bits per heavy atom. The van der Waals surface area contributed by atoms with Gasteiger partial charge in [-0.15, -0.1) is 0 Å². The van der Waals surface area contributed by atoms with Crippen molar-refractivity contribution in [2.75, 3.05) is 6.61 Å². The lowest BCUT2D eigenvalue weighted by molar-refractivity contribution is 0.0946. The van der Waals surface area contributed by atoms with E-state index in [9.17, 15) is 4.79 Å². The van der Waals surface area contributed by atoms with E-state index in [1.54, 1.807) is 12.4 Å². The first-order valence-corrected chi connectivity index (χ1v) is 9.59. The van der Waals surface area contributed by atoms with Crippen LogP contribution in [0.5, 0.6) is 5.75 Å². The molecule has 0 aliphatic heterocycles. The van der Waals surface area contributed by atoms with Crippen LogP contribution in [0.3, 0.4) is 0 Å². The second-order valence-corrected chi connectivity index (χ2v) is 6.66. The molecule has 3 aromatic heterocycles. The molecule has 1 amide bonds. The highest BCUT2D eigenvalue weighted by Gasteiger charge is 2.12. The fourth-order valence-electron chi connectivity index (χ4n) is 3.16. The Morgan fingerprint density at radius 1 is 1.03 bits per heavy atom. The van der Waals surface area contributed by atoms with Crippen molar-refractivity contribution in [3.63, 3.8) is 0 Å². The minimum Gasteiger partial charge on any atom is -0.492 e. The van der Waals surface area contributed by atoms with Gasteiger partial charge in [-0.2, -0.15) is 0 Å². The zero-order chi connectivity index (χ0) is 20.1. The van der Waals surface area contributed by atoms with Crippen molar-refractivity contribution in [2.24, 2.45) is 0 Å². The van der Waals surface area contributed by atoms with Gasteiger partial charge in [-0.1, -0.05) is 36.4 Å². The number of fused-ring (bicyclic) bond motifs is 1. The van der Waals surface area contributed by atoms with Crippen LogP contribution in [0.1, 0.15) is 34.2 Å². The van der Waals surface area contributed by atoms with E-state index in [0.29, 0.717) is 25.3 Å². The molecule has 146 valence electrons. The quantitative estimate of drug-likeness (QED) is 0.526. The summed E-state index contributed by atoms with van der Waals surface area (Å²) in [4.78, 5) is 21.3. The van der Waals surface area contributed by atoms with Crippen LogP contribution in [0.25, 0.3) is 5.65 Å². The minimum absolute atomic E-state index is 0.192. The molecule has 0 fully saturated rings. The number of hydrogen-bond donors (Lipinski definition) is 1. The Labute approximate surface area is 169 Å². The molecule has 0 aliphatic carbocycles. The number of ether oxygens (including phenoxy) is 1. The highest BCUT2D eigenvalue weighted by molar-refractivity contribution is 5.92. The smallest absolute Gasteiger partial charge is 0.271 e. The second kappa shape index (κ2) is 8.56. The van der Waals surface area contributed by atoms with Gasteiger partial charge in [0.2, 0.25) is 0 Å². The van der Waals surface area contributed by atoms with Gasteiger partial charge in [0, 0.05) is 31.6 Å². The van der Waals surface area contributed by atoms with Crippen LogP contribution >= 0.6 is 0 Å². The predicted octanol–water partition coefficient (Wildman–Crippen LogP) is 3.65. The summed E-state index contributed by atoms with van der Waals surface area (Å²) >= 11 is 0. The lowest BCUT2D eigenvalue weighted by atomic mass is 10.1. The van der Waals surface area contributed by atoms with Crippen molar-refractivity contribution >= 4 is 11.6 Å². The zero-order valence-electron chi connectivity index (χ0n) is 16.2. The fraction of sp³-hybridized carbons (Fsp3) is 0.174. The van der Waals surface area contributed by atoms with E-state index in [1.165, 1.54) is 0 Å². The van der Waals surface area contributed by atoms with Crippen LogP contribution in [-0.2, 0) is 13.0 Å². The summed E-state index contributed by atoms with van der Waals surface area (Å²) in [6.45, 7) is 3.03. The maximum Gasteiger partial charge on any atom is 0.271 e. The number of amides is 1. The molecular formula is C23H22N4O2. The summed E-state index contributed by atoms with van der Waals surface area (Å²) in [5, 5.41) is 2.91. The predicted molar refractivity (Wildman–Crippen MR) is 111 cm³/mol. The zero-order valence-corrected chi connectivity index (χ0v) is 16.2. The van der Waals surface area contributed by atoms with Crippen molar-refractivity contribution in [1.82, 2.24) is 19.7 Å². The van der Waals surface area contributed by atoms with Gasteiger partial charge >= 0.3 is 0 Å². The summed E-state index contributed by atoms with van der Waals surface area (Å²) in [5.74, 6) is 0.601. The summed E-state index contributed by atoms with van der Waals surface area (Å²) in [7, 11) is 0. The monoisotopic (exact) mass is 386 g/mol. The standard InChI is InChI=1S/C23H22N4O2/c1-2-29-21-9-6-12-24-19(21)13-18-10-11-22-26-20(16-27(22)15-18)23(28)25-14-17-7-4-3-5-8-17/h3-12,15-16H,2,13-14H2,1H3,(H,25,28). The lowest BCUT2D eigenvalue weighted by Crippen LogP contribution is -2.23. The van der Waals surface area contributed by atoms with E-state index in [4.69, 9.17) is 4.74 Å². The average molecular weight is 386 g/mol. The first-order valence-electron chi connectivity index (χ1n) is 9.59. The molecule has 0 saturated heterocycles. The maximum absolute atomic E-state index is 12.5. The molecule has 1 N–H and O–H groups in total. The van der Waals surface area contributed by atoms with Crippen LogP contribution in [-0.4, -0.2) is 26.9 Å². The minimum atomic E-state index is -0.192. The summed E-state index contributed by atoms with van der Waals surface area (Å²) in [6, 6.07) is 17.5. The molecular weight excluding hydrogens is 364 g/mol. The average Bonchev–Trinajstić information content (AvgIpc) is 3.18. The highest BCUT2D eigenvalue weighted by atomic mass is 16.5. The maximum atomic E-state index is 12.5. The molecule has 4 aromatic rings. The van der Waals surface area contributed by atoms with E-state index >= 15 is 0 Å². The molecule has 4 rings (SSSR count). The Hall–Kier alpha value is -3.67. The number of aromatic nitrogens is 3. The van der Waals surface area contributed by atoms with Crippen molar-refractivity contribution in [3.05, 3.63) is 95.7 Å². The van der Waals surface area contributed by atoms with E-state index in [1.807, 2.05) is 72.1 Å². The van der Waals surface area contributed by atoms with Gasteiger partial charge in [-0.25, -0.2) is 4.98 Å². The van der Waals surface area contributed by atoms with Gasteiger partial charge in [0.15, 0.2) is 0 Å². The molecule has 0 saturated carbocycles. The van der Waals surface area contributed by atoms with Gasteiger partial charge in [-0.3, -0.25) is 9.78 Å². The first-order chi connectivity index (χ1) is 14.2. The van der Waals surface area contributed by atoms with Gasteiger partial charge in [0.05, 0.1) is 12.3 Å². The molecule has 0 bridgehead atoms. The Bertz CT molecular complexity index is 1120. The first kappa shape index (κ1) is 18.7. The molecule has 6 heteroatoms. The van der Waals surface area contributed by atoms with E-state index in [-0.39, 0.29) is 5.91 Å². The third-order valence-corrected chi connectivity index (χ3v) is 4.56. The van der Waals surface area contributed by atoms with Gasteiger partial charge in [-0.05, 0) is 36.2 Å². The topological polar surface area (TPSA) is 68.5 Å². The largest absolute Gasteiger partial charge is 0.492 e. The van der Waals surface area contributed by atoms with Crippen LogP contribution in [0.2, 0.25) is 0 Å². The van der Waals surface area contributed by atoms with Crippen LogP contribution in [0.15, 0.2) is 73.2 Å². The van der Waals surface area contributed by atoms with Crippen LogP contribution in [0.4, 0.5) is 0 Å². The van der Waals surface area contributed by atoms with Gasteiger partial charge < -0.3 is 14.5 Å². The number of carbonyl (C=O) groups excluding carboxylic acids is 1. The number of nitrogens with zero attached hydrogens (tertiary/aromatic N) is 3. The van der Waals surface area contributed by atoms with Gasteiger partial charge in [0.25, 0.3) is 5.91 Å². The molecule has 3 heterocycles. The SMILES string of the molecule is CCOc1cccnc1Cc1ccc2nc(C(=O)NCc3ccccc3)cn2c1. The van der Waals surface area contributed by atoms with E-state index in [2.05, 4.69) is 15.3 Å². The van der Waals surface area contributed by atoms with Crippen molar-refractivity contribution in [1.29, 1.82) is 0 Å². The molecule has 0 aliphatic rings. The number of carbonyl (C=O) groups is 1. The van der Waals surface area contributed by atoms with Crippen molar-refractivity contribution < 1.29 is 9.53 Å². The summed E-state index contributed by atoms with van der Waals surface area (Å²) in [5.41, 5.74) is 4.11. The van der Waals surface area contributed by atoms with Gasteiger partial charge in [0.1, 0.15) is 17.1 Å². The third kappa shape index (κ3) is 4.43. The highest BCUT2D eigenvalue weighted by Crippen LogP contribution is 2.19. The fourth-order valence-corrected chi connectivity index (χ4v) is 3.16. The number of pyridine rings is 2. The molecule has 6 nitrogen and oxygen atoms in total. The number of hydrogen-bond acceptors (Lipinski definition) is 4. The van der Waals surface area contributed by atoms with Crippen LogP contribution in [0, 0.1) is 0 Å². The van der Waals surface area contributed by atoms with E-state index in [0.717, 1.165) is 28.2 Å². The summed E-state index contributed by atoms with van der Waals surface area (Å²) < 4.78 is 7.53. The van der Waals surface area contributed by atoms with Crippen molar-refractivity contribution in [2.45, 2.75) is 19.9 Å². The Morgan fingerprint density at radius 2 is 1.90 bits per heavy atom. The molecule has 0 unspecified atom stereocenters.